The molecule has 24 heavy (non-hydrogen) atoms. The Balaban J connectivity index is 1.79. The van der Waals surface area contributed by atoms with E-state index in [9.17, 15) is 4.39 Å². The third kappa shape index (κ3) is 4.64. The van der Waals surface area contributed by atoms with E-state index < -0.39 is 0 Å². The third-order valence-corrected chi connectivity index (χ3v) is 4.27. The number of halogens is 2. The molecule has 0 atom stereocenters. The van der Waals surface area contributed by atoms with Gasteiger partial charge in [-0.05, 0) is 45.1 Å². The lowest BCUT2D eigenvalue weighted by atomic mass is 10.2. The maximum Gasteiger partial charge on any atom is 0.224 e. The summed E-state index contributed by atoms with van der Waals surface area (Å²) in [5, 5.41) is 6.31. The Hall–Kier alpha value is -1.73. The fourth-order valence-electron chi connectivity index (χ4n) is 2.32. The van der Waals surface area contributed by atoms with Crippen LogP contribution >= 0.6 is 15.9 Å². The number of hydrogen-bond donors (Lipinski definition) is 2. The number of anilines is 3. The van der Waals surface area contributed by atoms with Gasteiger partial charge < -0.3 is 15.5 Å². The summed E-state index contributed by atoms with van der Waals surface area (Å²) in [5.41, 5.74) is 1.41. The van der Waals surface area contributed by atoms with E-state index in [-0.39, 0.29) is 5.82 Å². The van der Waals surface area contributed by atoms with Crippen LogP contribution in [0.25, 0.3) is 0 Å². The van der Waals surface area contributed by atoms with Gasteiger partial charge in [-0.15, -0.1) is 0 Å². The molecule has 1 aromatic heterocycles. The van der Waals surface area contributed by atoms with E-state index in [1.54, 1.807) is 12.1 Å². The number of rotatable bonds is 7. The van der Waals surface area contributed by atoms with Crippen molar-refractivity contribution in [2.75, 3.05) is 37.8 Å². The monoisotopic (exact) mass is 393 g/mol. The van der Waals surface area contributed by atoms with Crippen molar-refractivity contribution < 1.29 is 4.39 Å². The van der Waals surface area contributed by atoms with Crippen molar-refractivity contribution in [2.45, 2.75) is 18.8 Å². The molecular weight excluding hydrogens is 373 g/mol. The second-order valence-corrected chi connectivity index (χ2v) is 7.17. The highest BCUT2D eigenvalue weighted by atomic mass is 79.9. The second-order valence-electron chi connectivity index (χ2n) is 6.26. The number of likely N-dealkylation sites (N-methyl/N-ethyl adjacent to an activating group) is 1. The molecule has 128 valence electrons. The van der Waals surface area contributed by atoms with Crippen molar-refractivity contribution in [3.8, 4) is 0 Å². The molecule has 0 unspecified atom stereocenters. The zero-order valence-corrected chi connectivity index (χ0v) is 15.4. The van der Waals surface area contributed by atoms with Gasteiger partial charge in [0.1, 0.15) is 11.6 Å². The number of nitrogens with one attached hydrogen (secondary N) is 2. The van der Waals surface area contributed by atoms with Crippen LogP contribution in [0.5, 0.6) is 0 Å². The Morgan fingerprint density at radius 1 is 1.25 bits per heavy atom. The van der Waals surface area contributed by atoms with Crippen LogP contribution in [0.4, 0.5) is 21.8 Å². The molecular formula is C17H21BrFN5. The summed E-state index contributed by atoms with van der Waals surface area (Å²) in [6.07, 6.45) is 2.31. The molecule has 1 aliphatic carbocycles. The molecule has 0 spiro atoms. The molecule has 3 rings (SSSR count). The minimum absolute atomic E-state index is 0.321. The topological polar surface area (TPSA) is 53.1 Å². The maximum absolute atomic E-state index is 14.0. The predicted octanol–water partition coefficient (Wildman–Crippen LogP) is 3.97. The van der Waals surface area contributed by atoms with Gasteiger partial charge >= 0.3 is 0 Å². The van der Waals surface area contributed by atoms with E-state index in [1.807, 2.05) is 20.2 Å². The molecule has 1 saturated carbocycles. The quantitative estimate of drug-likeness (QED) is 0.744. The number of hydrogen-bond acceptors (Lipinski definition) is 5. The van der Waals surface area contributed by atoms with Crippen LogP contribution in [0, 0.1) is 5.82 Å². The summed E-state index contributed by atoms with van der Waals surface area (Å²) in [6, 6.07) is 6.83. The van der Waals surface area contributed by atoms with E-state index >= 15 is 0 Å². The van der Waals surface area contributed by atoms with Crippen molar-refractivity contribution in [1.29, 1.82) is 0 Å². The number of aromatic nitrogens is 2. The summed E-state index contributed by atoms with van der Waals surface area (Å²) in [6.45, 7) is 1.65. The average molecular weight is 394 g/mol. The lowest BCUT2D eigenvalue weighted by Gasteiger charge is -2.13. The smallest absolute Gasteiger partial charge is 0.224 e. The van der Waals surface area contributed by atoms with Gasteiger partial charge in [0.2, 0.25) is 5.95 Å². The van der Waals surface area contributed by atoms with Gasteiger partial charge in [-0.25, -0.2) is 9.37 Å². The highest BCUT2D eigenvalue weighted by Gasteiger charge is 2.26. The lowest BCUT2D eigenvalue weighted by molar-refractivity contribution is 0.425. The first-order chi connectivity index (χ1) is 11.5. The van der Waals surface area contributed by atoms with E-state index in [0.717, 1.165) is 31.6 Å². The third-order valence-electron chi connectivity index (χ3n) is 3.78. The molecule has 0 bridgehead atoms. The van der Waals surface area contributed by atoms with Gasteiger partial charge in [0.25, 0.3) is 0 Å². The lowest BCUT2D eigenvalue weighted by Crippen LogP contribution is -2.21. The molecule has 1 aliphatic rings. The molecule has 2 N–H and O–H groups in total. The molecule has 5 nitrogen and oxygen atoms in total. The zero-order chi connectivity index (χ0) is 17.1. The summed E-state index contributed by atoms with van der Waals surface area (Å²) >= 11 is 3.26. The largest absolute Gasteiger partial charge is 0.353 e. The highest BCUT2D eigenvalue weighted by molar-refractivity contribution is 9.10. The SMILES string of the molecule is CN(C)CCNc1nc(Nc2ccc(Br)cc2F)cc(C2CC2)n1. The molecule has 1 heterocycles. The van der Waals surface area contributed by atoms with Crippen molar-refractivity contribution in [3.63, 3.8) is 0 Å². The van der Waals surface area contributed by atoms with E-state index in [4.69, 9.17) is 0 Å². The van der Waals surface area contributed by atoms with Crippen LogP contribution in [0.15, 0.2) is 28.7 Å². The summed E-state index contributed by atoms with van der Waals surface area (Å²) in [4.78, 5) is 11.1. The van der Waals surface area contributed by atoms with Gasteiger partial charge in [-0.1, -0.05) is 15.9 Å². The fraction of sp³-hybridized carbons (Fsp3) is 0.412. The minimum atomic E-state index is -0.321. The molecule has 0 amide bonds. The standard InChI is InChI=1S/C17H21BrFN5/c1-24(2)8-7-20-17-22-15(11-3-4-11)10-16(23-17)21-14-6-5-12(18)9-13(14)19/h5-6,9-11H,3-4,7-8H2,1-2H3,(H2,20,21,22,23). The summed E-state index contributed by atoms with van der Waals surface area (Å²) in [5.74, 6) is 1.37. The second kappa shape index (κ2) is 7.44. The molecule has 1 fully saturated rings. The first-order valence-electron chi connectivity index (χ1n) is 8.01. The Labute approximate surface area is 149 Å². The van der Waals surface area contributed by atoms with Gasteiger partial charge in [-0.3, -0.25) is 0 Å². The molecule has 7 heteroatoms. The van der Waals surface area contributed by atoms with Crippen LogP contribution in [-0.2, 0) is 0 Å². The number of benzene rings is 1. The van der Waals surface area contributed by atoms with Crippen LogP contribution in [0.1, 0.15) is 24.5 Å². The van der Waals surface area contributed by atoms with Crippen LogP contribution in [-0.4, -0.2) is 42.1 Å². The molecule has 0 saturated heterocycles. The van der Waals surface area contributed by atoms with Gasteiger partial charge in [0.05, 0.1) is 11.4 Å². The van der Waals surface area contributed by atoms with Gasteiger partial charge in [0.15, 0.2) is 0 Å². The average Bonchev–Trinajstić information content (AvgIpc) is 3.34. The van der Waals surface area contributed by atoms with E-state index in [0.29, 0.717) is 27.8 Å². The predicted molar refractivity (Wildman–Crippen MR) is 98.4 cm³/mol. The zero-order valence-electron chi connectivity index (χ0n) is 13.8. The van der Waals surface area contributed by atoms with Crippen molar-refractivity contribution in [3.05, 3.63) is 40.2 Å². The molecule has 2 aromatic rings. The van der Waals surface area contributed by atoms with Gasteiger partial charge in [-0.2, -0.15) is 4.98 Å². The normalized spacial score (nSPS) is 14.0. The first kappa shape index (κ1) is 17.1. The Morgan fingerprint density at radius 2 is 2.04 bits per heavy atom. The van der Waals surface area contributed by atoms with Crippen LogP contribution in [0.3, 0.4) is 0 Å². The van der Waals surface area contributed by atoms with Crippen molar-refractivity contribution in [2.24, 2.45) is 0 Å². The molecule has 0 aliphatic heterocycles. The van der Waals surface area contributed by atoms with Crippen molar-refractivity contribution in [1.82, 2.24) is 14.9 Å². The first-order valence-corrected chi connectivity index (χ1v) is 8.80. The summed E-state index contributed by atoms with van der Waals surface area (Å²) in [7, 11) is 4.04. The maximum atomic E-state index is 14.0. The Kier molecular flexibility index (Phi) is 5.30. The highest BCUT2D eigenvalue weighted by Crippen LogP contribution is 2.40. The van der Waals surface area contributed by atoms with E-state index in [1.165, 1.54) is 6.07 Å². The van der Waals surface area contributed by atoms with E-state index in [2.05, 4.69) is 41.4 Å². The number of nitrogens with zero attached hydrogens (tertiary/aromatic N) is 3. The van der Waals surface area contributed by atoms with Gasteiger partial charge in [0, 0.05) is 29.5 Å². The Morgan fingerprint density at radius 3 is 2.71 bits per heavy atom. The molecule has 1 aromatic carbocycles. The minimum Gasteiger partial charge on any atom is -0.353 e. The Bertz CT molecular complexity index is 718. The fourth-order valence-corrected chi connectivity index (χ4v) is 2.65. The van der Waals surface area contributed by atoms with Crippen molar-refractivity contribution >= 4 is 33.4 Å². The van der Waals surface area contributed by atoms with Crippen LogP contribution < -0.4 is 10.6 Å². The van der Waals surface area contributed by atoms with Crippen LogP contribution in [0.2, 0.25) is 0 Å². The molecule has 0 radical (unpaired) electrons. The summed E-state index contributed by atoms with van der Waals surface area (Å²) < 4.78 is 14.7.